The van der Waals surface area contributed by atoms with E-state index in [1.807, 2.05) is 19.1 Å². The van der Waals surface area contributed by atoms with Gasteiger partial charge in [0.1, 0.15) is 11.9 Å². The van der Waals surface area contributed by atoms with Crippen LogP contribution in [-0.4, -0.2) is 6.10 Å². The molecule has 0 saturated carbocycles. The Morgan fingerprint density at radius 2 is 2.14 bits per heavy atom. The van der Waals surface area contributed by atoms with Gasteiger partial charge < -0.3 is 4.74 Å². The van der Waals surface area contributed by atoms with Gasteiger partial charge in [-0.25, -0.2) is 0 Å². The molecule has 2 unspecified atom stereocenters. The van der Waals surface area contributed by atoms with Crippen molar-refractivity contribution >= 4 is 0 Å². The van der Waals surface area contributed by atoms with Gasteiger partial charge in [0, 0.05) is 5.92 Å². The molecule has 0 spiro atoms. The first kappa shape index (κ1) is 11.1. The molecule has 0 bridgehead atoms. The van der Waals surface area contributed by atoms with Crippen LogP contribution >= 0.6 is 0 Å². The van der Waals surface area contributed by atoms with E-state index in [0.29, 0.717) is 5.92 Å². The maximum atomic E-state index is 5.83. The van der Waals surface area contributed by atoms with Crippen LogP contribution in [0.15, 0.2) is 35.6 Å². The summed E-state index contributed by atoms with van der Waals surface area (Å²) in [4.78, 5) is 0. The fraction of sp³-hybridized carbons (Fsp3) is 0.538. The van der Waals surface area contributed by atoms with Gasteiger partial charge >= 0.3 is 0 Å². The quantitative estimate of drug-likeness (QED) is 0.617. The topological polar surface area (TPSA) is 9.23 Å². The summed E-state index contributed by atoms with van der Waals surface area (Å²) in [6, 6.07) is 0. The number of ether oxygens (including phenoxy) is 1. The van der Waals surface area contributed by atoms with E-state index in [4.69, 9.17) is 4.74 Å². The van der Waals surface area contributed by atoms with Gasteiger partial charge in [0.15, 0.2) is 0 Å². The molecule has 0 aromatic heterocycles. The lowest BCUT2D eigenvalue weighted by molar-refractivity contribution is 0.166. The molecule has 0 fully saturated rings. The van der Waals surface area contributed by atoms with E-state index in [2.05, 4.69) is 32.9 Å². The zero-order valence-electron chi connectivity index (χ0n) is 9.58. The maximum Gasteiger partial charge on any atom is 0.123 e. The van der Waals surface area contributed by atoms with Gasteiger partial charge in [-0.2, -0.15) is 0 Å². The number of rotatable bonds is 3. The number of hydrogen-bond donors (Lipinski definition) is 0. The van der Waals surface area contributed by atoms with Gasteiger partial charge in [0.25, 0.3) is 0 Å². The number of allylic oxidation sites excluding steroid dienone is 3. The molecule has 0 radical (unpaired) electrons. The minimum absolute atomic E-state index is 0.237. The Bertz CT molecular complexity index is 271. The predicted octanol–water partition coefficient (Wildman–Crippen LogP) is 3.84. The smallest absolute Gasteiger partial charge is 0.123 e. The second-order valence-corrected chi connectivity index (χ2v) is 3.75. The van der Waals surface area contributed by atoms with Crippen molar-refractivity contribution in [2.75, 3.05) is 0 Å². The normalized spacial score (nSPS) is 28.0. The molecule has 1 heteroatoms. The van der Waals surface area contributed by atoms with Crippen LogP contribution in [0, 0.1) is 5.92 Å². The van der Waals surface area contributed by atoms with Crippen molar-refractivity contribution < 1.29 is 4.74 Å². The van der Waals surface area contributed by atoms with Crippen molar-refractivity contribution in [1.29, 1.82) is 0 Å². The third-order valence-corrected chi connectivity index (χ3v) is 2.71. The Hall–Kier alpha value is -0.980. The molecule has 0 saturated heterocycles. The Balaban J connectivity index is 2.71. The summed E-state index contributed by atoms with van der Waals surface area (Å²) in [7, 11) is 0. The molecule has 0 aromatic carbocycles. The van der Waals surface area contributed by atoms with Crippen molar-refractivity contribution in [3.05, 3.63) is 35.6 Å². The molecule has 1 nitrogen and oxygen atoms in total. The van der Waals surface area contributed by atoms with Gasteiger partial charge in [-0.15, -0.1) is 0 Å². The average molecular weight is 192 g/mol. The largest absolute Gasteiger partial charge is 0.486 e. The lowest BCUT2D eigenvalue weighted by Gasteiger charge is -2.11. The van der Waals surface area contributed by atoms with Crippen LogP contribution in [0.4, 0.5) is 0 Å². The van der Waals surface area contributed by atoms with Gasteiger partial charge in [-0.05, 0) is 38.0 Å². The van der Waals surface area contributed by atoms with Crippen LogP contribution < -0.4 is 0 Å². The van der Waals surface area contributed by atoms with Crippen LogP contribution in [0.5, 0.6) is 0 Å². The first-order valence-corrected chi connectivity index (χ1v) is 5.37. The Labute approximate surface area is 87.2 Å². The van der Waals surface area contributed by atoms with Gasteiger partial charge in [-0.1, -0.05) is 26.0 Å². The van der Waals surface area contributed by atoms with E-state index in [1.165, 1.54) is 5.57 Å². The van der Waals surface area contributed by atoms with Crippen molar-refractivity contribution in [1.82, 2.24) is 0 Å². The molecule has 1 aliphatic heterocycles. The van der Waals surface area contributed by atoms with Crippen molar-refractivity contribution in [3.63, 3.8) is 0 Å². The molecule has 1 aliphatic rings. The third-order valence-electron chi connectivity index (χ3n) is 2.71. The fourth-order valence-electron chi connectivity index (χ4n) is 1.61. The summed E-state index contributed by atoms with van der Waals surface area (Å²) in [6.45, 7) is 8.53. The van der Waals surface area contributed by atoms with Crippen LogP contribution in [0.25, 0.3) is 0 Å². The molecule has 0 amide bonds. The standard InChI is InChI=1S/C13H20O/c1-5-7-9-13-11(4)10(3)12(14-13)8-6-2/h6-9,11,13H,5H2,1-4H3. The minimum Gasteiger partial charge on any atom is -0.486 e. The summed E-state index contributed by atoms with van der Waals surface area (Å²) in [5.74, 6) is 1.55. The van der Waals surface area contributed by atoms with Gasteiger partial charge in [0.05, 0.1) is 0 Å². The zero-order valence-corrected chi connectivity index (χ0v) is 9.58. The second-order valence-electron chi connectivity index (χ2n) is 3.75. The van der Waals surface area contributed by atoms with Crippen molar-refractivity contribution in [3.8, 4) is 0 Å². The van der Waals surface area contributed by atoms with Crippen LogP contribution in [0.3, 0.4) is 0 Å². The summed E-state index contributed by atoms with van der Waals surface area (Å²) in [5.41, 5.74) is 1.36. The molecular weight excluding hydrogens is 172 g/mol. The molecule has 0 aromatic rings. The molecule has 1 heterocycles. The molecule has 2 atom stereocenters. The highest BCUT2D eigenvalue weighted by molar-refractivity contribution is 5.27. The van der Waals surface area contributed by atoms with E-state index in [1.54, 1.807) is 0 Å². The highest BCUT2D eigenvalue weighted by Gasteiger charge is 2.27. The Kier molecular flexibility index (Phi) is 3.99. The van der Waals surface area contributed by atoms with Crippen LogP contribution in [0.2, 0.25) is 0 Å². The highest BCUT2D eigenvalue weighted by atomic mass is 16.5. The molecule has 0 N–H and O–H groups in total. The van der Waals surface area contributed by atoms with Gasteiger partial charge in [0.2, 0.25) is 0 Å². The molecule has 14 heavy (non-hydrogen) atoms. The van der Waals surface area contributed by atoms with E-state index < -0.39 is 0 Å². The van der Waals surface area contributed by atoms with Crippen molar-refractivity contribution in [2.24, 2.45) is 5.92 Å². The van der Waals surface area contributed by atoms with E-state index in [9.17, 15) is 0 Å². The summed E-state index contributed by atoms with van der Waals surface area (Å²) in [6.07, 6.45) is 9.73. The second kappa shape index (κ2) is 5.04. The Morgan fingerprint density at radius 3 is 2.71 bits per heavy atom. The first-order chi connectivity index (χ1) is 6.70. The lowest BCUT2D eigenvalue weighted by atomic mass is 9.98. The van der Waals surface area contributed by atoms with E-state index >= 15 is 0 Å². The molecule has 1 rings (SSSR count). The highest BCUT2D eigenvalue weighted by Crippen LogP contribution is 2.31. The molecule has 78 valence electrons. The fourth-order valence-corrected chi connectivity index (χ4v) is 1.61. The summed E-state index contributed by atoms with van der Waals surface area (Å²) in [5, 5.41) is 0. The minimum atomic E-state index is 0.237. The summed E-state index contributed by atoms with van der Waals surface area (Å²) < 4.78 is 5.83. The van der Waals surface area contributed by atoms with E-state index in [-0.39, 0.29) is 6.10 Å². The SMILES string of the molecule is CC=CC1=C(C)C(C)C(C=CCC)O1. The lowest BCUT2D eigenvalue weighted by Crippen LogP contribution is -2.11. The van der Waals surface area contributed by atoms with Crippen molar-refractivity contribution in [2.45, 2.75) is 40.2 Å². The van der Waals surface area contributed by atoms with Gasteiger partial charge in [-0.3, -0.25) is 0 Å². The molecular formula is C13H20O. The molecule has 0 aliphatic carbocycles. The average Bonchev–Trinajstić information content (AvgIpc) is 2.44. The maximum absolute atomic E-state index is 5.83. The van der Waals surface area contributed by atoms with Crippen LogP contribution in [-0.2, 0) is 4.74 Å². The predicted molar refractivity (Wildman–Crippen MR) is 61.0 cm³/mol. The number of hydrogen-bond acceptors (Lipinski definition) is 1. The zero-order chi connectivity index (χ0) is 10.6. The summed E-state index contributed by atoms with van der Waals surface area (Å²) >= 11 is 0. The van der Waals surface area contributed by atoms with Crippen LogP contribution in [0.1, 0.15) is 34.1 Å². The monoisotopic (exact) mass is 192 g/mol. The van der Waals surface area contributed by atoms with E-state index in [0.717, 1.165) is 12.2 Å². The third kappa shape index (κ3) is 2.28. The first-order valence-electron chi connectivity index (χ1n) is 5.37. The Morgan fingerprint density at radius 1 is 1.43 bits per heavy atom.